The molecular weight excluding hydrogens is 314 g/mol. The Hall–Kier alpha value is -0.970. The predicted molar refractivity (Wildman–Crippen MR) is 61.1 cm³/mol. The summed E-state index contributed by atoms with van der Waals surface area (Å²) in [5, 5.41) is 17.8. The van der Waals surface area contributed by atoms with Crippen LogP contribution in [-0.4, -0.2) is 28.9 Å². The van der Waals surface area contributed by atoms with E-state index < -0.39 is 47.7 Å². The van der Waals surface area contributed by atoms with E-state index in [1.165, 1.54) is 0 Å². The molecule has 2 bridgehead atoms. The van der Waals surface area contributed by atoms with Gasteiger partial charge in [-0.25, -0.2) is 0 Å². The zero-order valence-corrected chi connectivity index (χ0v) is 11.5. The number of ether oxygens (including phenoxy) is 1. The summed E-state index contributed by atoms with van der Waals surface area (Å²) in [4.78, 5) is 23.1. The van der Waals surface area contributed by atoms with E-state index in [9.17, 15) is 23.6 Å². The molecule has 0 aromatic heterocycles. The Labute approximate surface area is 122 Å². The number of alkyl halides is 2. The molecule has 0 amide bonds. The molecule has 120 valence electrons. The van der Waals surface area contributed by atoms with E-state index in [0.29, 0.717) is 12.8 Å². The van der Waals surface area contributed by atoms with Crippen LogP contribution in [0, 0.1) is 23.7 Å². The lowest BCUT2D eigenvalue weighted by Crippen LogP contribution is -2.37. The van der Waals surface area contributed by atoms with Crippen molar-refractivity contribution in [2.45, 2.75) is 24.5 Å². The Kier molecular flexibility index (Phi) is 5.02. The van der Waals surface area contributed by atoms with Crippen molar-refractivity contribution in [3.05, 3.63) is 0 Å². The molecule has 0 saturated heterocycles. The first-order valence-electron chi connectivity index (χ1n) is 6.27. The maximum Gasteiger partial charge on any atom is 0.354 e. The number of esters is 1. The van der Waals surface area contributed by atoms with Crippen molar-refractivity contribution in [1.29, 1.82) is 0 Å². The van der Waals surface area contributed by atoms with Crippen LogP contribution in [0.1, 0.15) is 19.3 Å². The van der Waals surface area contributed by atoms with Gasteiger partial charge >= 0.3 is 17.2 Å². The lowest BCUT2D eigenvalue weighted by atomic mass is 9.79. The fourth-order valence-electron chi connectivity index (χ4n) is 3.32. The van der Waals surface area contributed by atoms with Gasteiger partial charge in [0.05, 0.1) is 11.8 Å². The molecule has 0 spiro atoms. The highest BCUT2D eigenvalue weighted by Gasteiger charge is 2.55. The second kappa shape index (κ2) is 6.42. The first kappa shape index (κ1) is 16.4. The number of carboxylic acid groups (broad SMARTS) is 1. The third-order valence-electron chi connectivity index (χ3n) is 4.04. The number of carbonyl (C=O) groups excluding carboxylic acids is 1. The number of hydrogen-bond donors (Lipinski definition) is 1. The summed E-state index contributed by atoms with van der Waals surface area (Å²) < 4.78 is 34.3. The van der Waals surface area contributed by atoms with Gasteiger partial charge in [-0.2, -0.15) is 13.1 Å². The Morgan fingerprint density at radius 1 is 1.29 bits per heavy atom. The van der Waals surface area contributed by atoms with Crippen LogP contribution in [-0.2, 0) is 23.7 Å². The SMILES string of the molecule is O=C(O)C1C2CCC(C2)C1C(=O)OCC(F)(F)SOO[O-]. The standard InChI is InChI=1S/C11H14F2O7S/c12-11(13,21-20-19-17)4-18-10(16)8-6-2-1-5(3-6)7(8)9(14)15/h5-8,17H,1-4H2,(H,14,15)/p-1. The monoisotopic (exact) mass is 327 g/mol. The third kappa shape index (κ3) is 3.62. The van der Waals surface area contributed by atoms with E-state index in [1.807, 2.05) is 0 Å². The minimum Gasteiger partial charge on any atom is -0.691 e. The number of carboxylic acids is 1. The van der Waals surface area contributed by atoms with Gasteiger partial charge < -0.3 is 15.1 Å². The molecule has 0 aromatic rings. The molecule has 10 heteroatoms. The molecule has 2 aliphatic rings. The minimum atomic E-state index is -3.66. The summed E-state index contributed by atoms with van der Waals surface area (Å²) >= 11 is -0.576. The fraction of sp³-hybridized carbons (Fsp3) is 0.818. The maximum atomic E-state index is 13.1. The Balaban J connectivity index is 1.92. The average Bonchev–Trinajstić information content (AvgIpc) is 3.03. The molecule has 2 aliphatic carbocycles. The van der Waals surface area contributed by atoms with Gasteiger partial charge in [0.1, 0.15) is 12.0 Å². The van der Waals surface area contributed by atoms with Crippen molar-refractivity contribution in [3.8, 4) is 0 Å². The van der Waals surface area contributed by atoms with Crippen molar-refractivity contribution in [2.24, 2.45) is 23.7 Å². The van der Waals surface area contributed by atoms with Crippen molar-refractivity contribution < 1.29 is 42.8 Å². The van der Waals surface area contributed by atoms with Crippen molar-refractivity contribution in [3.63, 3.8) is 0 Å². The van der Waals surface area contributed by atoms with E-state index in [0.717, 1.165) is 6.42 Å². The van der Waals surface area contributed by atoms with Crippen LogP contribution in [0.4, 0.5) is 8.78 Å². The summed E-state index contributed by atoms with van der Waals surface area (Å²) in [6.45, 7) is -1.32. The summed E-state index contributed by atoms with van der Waals surface area (Å²) in [6.07, 6.45) is 2.04. The maximum absolute atomic E-state index is 13.1. The highest BCUT2D eigenvalue weighted by atomic mass is 32.2. The number of rotatable bonds is 7. The molecule has 4 unspecified atom stereocenters. The average molecular weight is 327 g/mol. The van der Waals surface area contributed by atoms with Gasteiger partial charge in [0.25, 0.3) is 0 Å². The zero-order chi connectivity index (χ0) is 15.6. The first-order chi connectivity index (χ1) is 9.85. The molecule has 0 aromatic carbocycles. The highest BCUT2D eigenvalue weighted by Crippen LogP contribution is 2.52. The van der Waals surface area contributed by atoms with Gasteiger partial charge in [-0.15, -0.1) is 0 Å². The Morgan fingerprint density at radius 2 is 1.90 bits per heavy atom. The smallest absolute Gasteiger partial charge is 0.354 e. The van der Waals surface area contributed by atoms with Crippen LogP contribution in [0.25, 0.3) is 0 Å². The molecule has 0 radical (unpaired) electrons. The zero-order valence-electron chi connectivity index (χ0n) is 10.7. The Bertz CT molecular complexity index is 419. The van der Waals surface area contributed by atoms with E-state index in [2.05, 4.69) is 14.1 Å². The molecule has 0 heterocycles. The molecule has 2 rings (SSSR count). The Morgan fingerprint density at radius 3 is 2.48 bits per heavy atom. The lowest BCUT2D eigenvalue weighted by molar-refractivity contribution is -0.777. The van der Waals surface area contributed by atoms with Crippen molar-refractivity contribution >= 4 is 24.0 Å². The summed E-state index contributed by atoms with van der Waals surface area (Å²) in [5.74, 6) is -4.05. The molecular formula is C11H13F2O7S-. The highest BCUT2D eigenvalue weighted by molar-refractivity contribution is 7.95. The second-order valence-electron chi connectivity index (χ2n) is 5.19. The van der Waals surface area contributed by atoms with Crippen LogP contribution in [0.5, 0.6) is 0 Å². The van der Waals surface area contributed by atoms with E-state index in [-0.39, 0.29) is 11.8 Å². The molecule has 0 aliphatic heterocycles. The summed E-state index contributed by atoms with van der Waals surface area (Å²) in [6, 6.07) is 0. The van der Waals surface area contributed by atoms with E-state index >= 15 is 0 Å². The molecule has 1 N–H and O–H groups in total. The van der Waals surface area contributed by atoms with Gasteiger partial charge in [0.15, 0.2) is 6.61 Å². The van der Waals surface area contributed by atoms with Crippen LogP contribution in [0.2, 0.25) is 0 Å². The number of hydrogen-bond acceptors (Lipinski definition) is 7. The van der Waals surface area contributed by atoms with Gasteiger partial charge in [0.2, 0.25) is 0 Å². The minimum absolute atomic E-state index is 0.0999. The van der Waals surface area contributed by atoms with Crippen LogP contribution in [0.15, 0.2) is 0 Å². The van der Waals surface area contributed by atoms with Gasteiger partial charge in [-0.1, -0.05) is 0 Å². The summed E-state index contributed by atoms with van der Waals surface area (Å²) in [7, 11) is 0. The van der Waals surface area contributed by atoms with Crippen molar-refractivity contribution in [1.82, 2.24) is 0 Å². The quantitative estimate of drug-likeness (QED) is 0.316. The third-order valence-corrected chi connectivity index (χ3v) is 4.53. The second-order valence-corrected chi connectivity index (χ2v) is 6.09. The van der Waals surface area contributed by atoms with Gasteiger partial charge in [-0.05, 0) is 31.1 Å². The number of fused-ring (bicyclic) bond motifs is 2. The summed E-state index contributed by atoms with van der Waals surface area (Å²) in [5.41, 5.74) is 0. The fourth-order valence-corrected chi connectivity index (χ4v) is 3.56. The van der Waals surface area contributed by atoms with Gasteiger partial charge in [0, 0.05) is 0 Å². The number of aliphatic carboxylic acids is 1. The molecule has 7 nitrogen and oxygen atoms in total. The molecule has 21 heavy (non-hydrogen) atoms. The van der Waals surface area contributed by atoms with E-state index in [1.54, 1.807) is 0 Å². The first-order valence-corrected chi connectivity index (χ1v) is 7.01. The normalized spacial score (nSPS) is 31.4. The topological polar surface area (TPSA) is 105 Å². The van der Waals surface area contributed by atoms with Crippen LogP contribution >= 0.6 is 12.0 Å². The largest absolute Gasteiger partial charge is 0.691 e. The van der Waals surface area contributed by atoms with Gasteiger partial charge in [-0.3, -0.25) is 14.6 Å². The number of carbonyl (C=O) groups is 2. The lowest BCUT2D eigenvalue weighted by Gasteiger charge is -2.26. The number of halogens is 2. The van der Waals surface area contributed by atoms with E-state index in [4.69, 9.17) is 5.11 Å². The molecule has 4 atom stereocenters. The predicted octanol–water partition coefficient (Wildman–Crippen LogP) is 0.741. The molecule has 2 fully saturated rings. The molecule has 2 saturated carbocycles. The van der Waals surface area contributed by atoms with Crippen LogP contribution in [0.3, 0.4) is 0 Å². The van der Waals surface area contributed by atoms with Crippen LogP contribution < -0.4 is 5.26 Å². The van der Waals surface area contributed by atoms with Crippen molar-refractivity contribution in [2.75, 3.05) is 6.61 Å².